The van der Waals surface area contributed by atoms with E-state index in [2.05, 4.69) is 32.6 Å². The Bertz CT molecular complexity index is 1280. The average Bonchev–Trinajstić information content (AvgIpc) is 3.27. The average molecular weight is 532 g/mol. The number of rotatable bonds is 10. The highest BCUT2D eigenvalue weighted by Crippen LogP contribution is 2.41. The first-order valence-corrected chi connectivity index (χ1v) is 12.5. The Hall–Kier alpha value is -3.85. The van der Waals surface area contributed by atoms with Crippen LogP contribution in [0.15, 0.2) is 58.5 Å². The Kier molecular flexibility index (Phi) is 7.59. The van der Waals surface area contributed by atoms with E-state index in [4.69, 9.17) is 4.84 Å². The molecule has 3 heterocycles. The first kappa shape index (κ1) is 25.2. The highest BCUT2D eigenvalue weighted by Gasteiger charge is 2.54. The molecule has 15 heteroatoms. The molecule has 188 valence electrons. The zero-order chi connectivity index (χ0) is 25.8. The number of tetrazole rings is 1. The van der Waals surface area contributed by atoms with Gasteiger partial charge in [0.1, 0.15) is 29.5 Å². The Morgan fingerprint density at radius 2 is 2.25 bits per heavy atom. The second-order valence-corrected chi connectivity index (χ2v) is 9.61. The predicted octanol–water partition coefficient (Wildman–Crippen LogP) is 0.353. The van der Waals surface area contributed by atoms with E-state index in [1.54, 1.807) is 13.1 Å². The summed E-state index contributed by atoms with van der Waals surface area (Å²) in [5.41, 5.74) is 0.575. The molecule has 1 saturated heterocycles. The smallest absolute Gasteiger partial charge is 0.352 e. The van der Waals surface area contributed by atoms with Crippen LogP contribution in [0.3, 0.4) is 0 Å². The summed E-state index contributed by atoms with van der Waals surface area (Å²) >= 11 is 2.60. The number of aromatic nitrogens is 4. The first-order valence-electron chi connectivity index (χ1n) is 10.5. The zero-order valence-corrected chi connectivity index (χ0v) is 20.5. The number of carbonyl (C=O) groups is 3. The molecule has 2 aliphatic rings. The Morgan fingerprint density at radius 1 is 1.44 bits per heavy atom. The third-order valence-corrected chi connectivity index (χ3v) is 7.61. The summed E-state index contributed by atoms with van der Waals surface area (Å²) in [6.45, 7) is 3.57. The molecule has 1 aromatic carbocycles. The topological polar surface area (TPSA) is 172 Å². The van der Waals surface area contributed by atoms with Crippen molar-refractivity contribution >= 4 is 47.0 Å². The van der Waals surface area contributed by atoms with Gasteiger partial charge >= 0.3 is 5.97 Å². The van der Waals surface area contributed by atoms with Crippen LogP contribution in [0.5, 0.6) is 5.75 Å². The first-order chi connectivity index (χ1) is 17.3. The summed E-state index contributed by atoms with van der Waals surface area (Å²) in [5, 5.41) is 37.2. The van der Waals surface area contributed by atoms with Crippen LogP contribution in [-0.2, 0) is 26.3 Å². The number of phenols is 1. The lowest BCUT2D eigenvalue weighted by Crippen LogP contribution is -2.71. The Morgan fingerprint density at radius 3 is 2.92 bits per heavy atom. The predicted molar refractivity (Wildman–Crippen MR) is 130 cm³/mol. The molecule has 2 amide bonds. The van der Waals surface area contributed by atoms with Crippen LogP contribution in [0.1, 0.15) is 5.56 Å². The monoisotopic (exact) mass is 531 g/mol. The molecule has 2 atom stereocenters. The molecule has 36 heavy (non-hydrogen) atoms. The number of nitrogens with one attached hydrogen (secondary N) is 1. The molecular weight excluding hydrogens is 510 g/mol. The Balaban J connectivity index is 1.51. The molecule has 2 unspecified atom stereocenters. The van der Waals surface area contributed by atoms with Gasteiger partial charge in [0.2, 0.25) is 5.16 Å². The van der Waals surface area contributed by atoms with Crippen LogP contribution < -0.4 is 5.32 Å². The molecule has 0 saturated carbocycles. The standard InChI is InChI=1S/C21H21N7O6S2/c1-3-7-34-24-14(11-5-4-6-13(29)8-11)17(30)22-15-18(31)28-16(20(32)33)12(9-35-19(15)28)10-36-21-23-25-26-27(21)2/h3-6,8,15,19,29H,1,7,9-10H2,2H3,(H,22,30)(H,32,33)/b24-14+. The number of aromatic hydroxyl groups is 1. The second-order valence-electron chi connectivity index (χ2n) is 7.57. The lowest BCUT2D eigenvalue weighted by Gasteiger charge is -2.49. The number of β-lactam (4-membered cyclic amide) rings is 1. The van der Waals surface area contributed by atoms with Gasteiger partial charge in [-0.1, -0.05) is 41.7 Å². The maximum atomic E-state index is 13.1. The van der Waals surface area contributed by atoms with E-state index >= 15 is 0 Å². The molecule has 0 aliphatic carbocycles. The van der Waals surface area contributed by atoms with Gasteiger partial charge in [0.25, 0.3) is 11.8 Å². The number of fused-ring (bicyclic) bond motifs is 1. The maximum absolute atomic E-state index is 13.1. The third-order valence-electron chi connectivity index (χ3n) is 5.18. The quantitative estimate of drug-likeness (QED) is 0.0964. The SMILES string of the molecule is C=CCO/N=C(/C(=O)NC1C(=O)N2C(C(=O)O)=C(CSc3nnnn3C)CSC12)c1cccc(O)c1. The number of aryl methyl sites for hydroxylation is 1. The minimum Gasteiger partial charge on any atom is -0.508 e. The highest BCUT2D eigenvalue weighted by molar-refractivity contribution is 8.01. The molecule has 1 fully saturated rings. The lowest BCUT2D eigenvalue weighted by molar-refractivity contribution is -0.150. The van der Waals surface area contributed by atoms with Crippen LogP contribution in [0.2, 0.25) is 0 Å². The number of oxime groups is 1. The fourth-order valence-corrected chi connectivity index (χ4v) is 5.87. The van der Waals surface area contributed by atoms with Crippen LogP contribution >= 0.6 is 23.5 Å². The number of nitrogens with zero attached hydrogens (tertiary/aromatic N) is 6. The fraction of sp³-hybridized carbons (Fsp3) is 0.286. The molecule has 4 rings (SSSR count). The number of thioether (sulfide) groups is 2. The van der Waals surface area contributed by atoms with Gasteiger partial charge in [-0.15, -0.1) is 16.9 Å². The zero-order valence-electron chi connectivity index (χ0n) is 18.9. The number of carboxylic acids is 1. The van der Waals surface area contributed by atoms with Gasteiger partial charge < -0.3 is 20.4 Å². The van der Waals surface area contributed by atoms with Crippen molar-refractivity contribution in [2.75, 3.05) is 18.1 Å². The number of phenolic OH excluding ortho intramolecular Hbond substituents is 1. The summed E-state index contributed by atoms with van der Waals surface area (Å²) in [7, 11) is 1.67. The maximum Gasteiger partial charge on any atom is 0.352 e. The van der Waals surface area contributed by atoms with Crippen LogP contribution in [0.25, 0.3) is 0 Å². The summed E-state index contributed by atoms with van der Waals surface area (Å²) in [4.78, 5) is 44.4. The number of amides is 2. The number of hydrogen-bond donors (Lipinski definition) is 3. The number of aliphatic carboxylic acids is 1. The summed E-state index contributed by atoms with van der Waals surface area (Å²) < 4.78 is 1.47. The van der Waals surface area contributed by atoms with Gasteiger partial charge in [-0.25, -0.2) is 9.48 Å². The van der Waals surface area contributed by atoms with Crippen LogP contribution in [0, 0.1) is 0 Å². The van der Waals surface area contributed by atoms with Crippen molar-refractivity contribution < 1.29 is 29.4 Å². The van der Waals surface area contributed by atoms with Crippen molar-refractivity contribution in [1.82, 2.24) is 30.4 Å². The number of carbonyl (C=O) groups excluding carboxylic acids is 2. The molecule has 1 aromatic heterocycles. The Labute approximate surface area is 213 Å². The number of carboxylic acid groups (broad SMARTS) is 1. The van der Waals surface area contributed by atoms with Crippen molar-refractivity contribution in [3.05, 3.63) is 53.8 Å². The fourth-order valence-electron chi connectivity index (χ4n) is 3.53. The van der Waals surface area contributed by atoms with E-state index in [9.17, 15) is 24.6 Å². The third kappa shape index (κ3) is 5.06. The van der Waals surface area contributed by atoms with Gasteiger partial charge in [-0.2, -0.15) is 0 Å². The molecule has 3 N–H and O–H groups in total. The molecule has 0 radical (unpaired) electrons. The molecule has 2 aliphatic heterocycles. The normalized spacial score (nSPS) is 19.4. The van der Waals surface area contributed by atoms with Crippen molar-refractivity contribution in [3.63, 3.8) is 0 Å². The highest BCUT2D eigenvalue weighted by atomic mass is 32.2. The van der Waals surface area contributed by atoms with Crippen molar-refractivity contribution in [2.24, 2.45) is 12.2 Å². The molecule has 2 aromatic rings. The molecule has 0 bridgehead atoms. The van der Waals surface area contributed by atoms with Crippen molar-refractivity contribution in [2.45, 2.75) is 16.6 Å². The molecule has 13 nitrogen and oxygen atoms in total. The van der Waals surface area contributed by atoms with E-state index in [0.717, 1.165) is 0 Å². The molecular formula is C21H21N7O6S2. The van der Waals surface area contributed by atoms with Gasteiger partial charge in [-0.05, 0) is 28.1 Å². The van der Waals surface area contributed by atoms with Crippen molar-refractivity contribution in [3.8, 4) is 5.75 Å². The summed E-state index contributed by atoms with van der Waals surface area (Å²) in [6, 6.07) is 4.90. The lowest BCUT2D eigenvalue weighted by atomic mass is 10.0. The van der Waals surface area contributed by atoms with Gasteiger partial charge in [-0.3, -0.25) is 14.5 Å². The summed E-state index contributed by atoms with van der Waals surface area (Å²) in [5.74, 6) is -1.94. The van der Waals surface area contributed by atoms with Crippen LogP contribution in [-0.4, -0.2) is 88.3 Å². The minimum atomic E-state index is -1.23. The van der Waals surface area contributed by atoms with Gasteiger partial charge in [0, 0.05) is 24.1 Å². The largest absolute Gasteiger partial charge is 0.508 e. The van der Waals surface area contributed by atoms with Crippen LogP contribution in [0.4, 0.5) is 0 Å². The van der Waals surface area contributed by atoms with Gasteiger partial charge in [0.05, 0.1) is 0 Å². The summed E-state index contributed by atoms with van der Waals surface area (Å²) in [6.07, 6.45) is 1.45. The van der Waals surface area contributed by atoms with E-state index in [1.807, 2.05) is 0 Å². The number of benzene rings is 1. The van der Waals surface area contributed by atoms with Gasteiger partial charge in [0.15, 0.2) is 5.71 Å². The van der Waals surface area contributed by atoms with E-state index in [-0.39, 0.29) is 35.1 Å². The van der Waals surface area contributed by atoms with E-state index in [0.29, 0.717) is 16.5 Å². The number of hydrogen-bond acceptors (Lipinski definition) is 11. The van der Waals surface area contributed by atoms with E-state index < -0.39 is 29.2 Å². The molecule has 0 spiro atoms. The second kappa shape index (κ2) is 10.8. The van der Waals surface area contributed by atoms with Crippen molar-refractivity contribution in [1.29, 1.82) is 0 Å². The van der Waals surface area contributed by atoms with E-state index in [1.165, 1.54) is 57.4 Å². The minimum absolute atomic E-state index is 0.0438.